The smallest absolute Gasteiger partial charge is 0.303 e. The Morgan fingerprint density at radius 1 is 0.884 bits per heavy atom. The molecule has 0 aromatic heterocycles. The first-order valence-corrected chi connectivity index (χ1v) is 15.6. The molecule has 7 heteroatoms. The highest BCUT2D eigenvalue weighted by Gasteiger charge is 2.31. The predicted molar refractivity (Wildman–Crippen MR) is 166 cm³/mol. The molecule has 2 fully saturated rings. The largest absolute Gasteiger partial charge is 0.508 e. The SMILES string of the molecule is CC(=O)OC(CNCC1CCCCC1)COc1ccc(/C(=C(/c2ccc3c(c2)OCO3)C2CC2)c2ccc(O)cc2)cc1. The van der Waals surface area contributed by atoms with Crippen LogP contribution in [0.5, 0.6) is 23.0 Å². The van der Waals surface area contributed by atoms with Gasteiger partial charge in [0.15, 0.2) is 11.5 Å². The molecule has 0 bridgehead atoms. The number of carbonyl (C=O) groups is 1. The van der Waals surface area contributed by atoms with E-state index in [-0.39, 0.29) is 31.2 Å². The fourth-order valence-corrected chi connectivity index (χ4v) is 6.24. The summed E-state index contributed by atoms with van der Waals surface area (Å²) in [4.78, 5) is 11.8. The van der Waals surface area contributed by atoms with Crippen LogP contribution in [0.2, 0.25) is 0 Å². The Kier molecular flexibility index (Phi) is 9.18. The molecule has 7 nitrogen and oxygen atoms in total. The zero-order chi connectivity index (χ0) is 29.6. The van der Waals surface area contributed by atoms with Crippen LogP contribution >= 0.6 is 0 Å². The Hall–Kier alpha value is -3.97. The van der Waals surface area contributed by atoms with Gasteiger partial charge in [0.25, 0.3) is 0 Å². The van der Waals surface area contributed by atoms with E-state index in [0.717, 1.165) is 53.1 Å². The average molecular weight is 584 g/mol. The first-order chi connectivity index (χ1) is 21.0. The second-order valence-electron chi connectivity index (χ2n) is 11.9. The van der Waals surface area contributed by atoms with E-state index in [0.29, 0.717) is 24.1 Å². The highest BCUT2D eigenvalue weighted by atomic mass is 16.7. The number of nitrogens with one attached hydrogen (secondary N) is 1. The van der Waals surface area contributed by atoms with Gasteiger partial charge in [-0.15, -0.1) is 0 Å². The number of allylic oxidation sites excluding steroid dienone is 1. The highest BCUT2D eigenvalue weighted by Crippen LogP contribution is 2.49. The molecule has 0 amide bonds. The molecule has 3 aromatic rings. The van der Waals surface area contributed by atoms with Crippen LogP contribution in [-0.2, 0) is 9.53 Å². The van der Waals surface area contributed by atoms with Crippen molar-refractivity contribution in [2.45, 2.75) is 58.0 Å². The van der Waals surface area contributed by atoms with Gasteiger partial charge in [0.2, 0.25) is 6.79 Å². The van der Waals surface area contributed by atoms with Gasteiger partial charge in [0.1, 0.15) is 24.2 Å². The first kappa shape index (κ1) is 29.1. The van der Waals surface area contributed by atoms with Gasteiger partial charge < -0.3 is 29.4 Å². The molecule has 3 aliphatic rings. The van der Waals surface area contributed by atoms with E-state index < -0.39 is 0 Å². The third-order valence-corrected chi connectivity index (χ3v) is 8.54. The first-order valence-electron chi connectivity index (χ1n) is 15.6. The Morgan fingerprint density at radius 2 is 1.56 bits per heavy atom. The molecule has 1 aliphatic heterocycles. The van der Waals surface area contributed by atoms with Crippen molar-refractivity contribution in [2.24, 2.45) is 11.8 Å². The number of carbonyl (C=O) groups excluding carboxylic acids is 1. The molecular formula is C36H41NO6. The van der Waals surface area contributed by atoms with E-state index in [1.54, 1.807) is 12.1 Å². The quantitative estimate of drug-likeness (QED) is 0.176. The number of esters is 1. The van der Waals surface area contributed by atoms with Gasteiger partial charge in [-0.05, 0) is 108 Å². The standard InChI is InChI=1S/C36H41NO6/c1-24(38)43-32(21-37-20-25-5-3-2-4-6-25)22-40-31-16-11-28(12-17-31)35(27-9-14-30(39)15-10-27)36(26-7-8-26)29-13-18-33-34(19-29)42-23-41-33/h9-19,25-26,32,37,39H,2-8,20-23H2,1H3/b36-35+. The maximum absolute atomic E-state index is 11.8. The van der Waals surface area contributed by atoms with Crippen LogP contribution in [0.1, 0.15) is 68.6 Å². The number of hydrogen-bond acceptors (Lipinski definition) is 7. The summed E-state index contributed by atoms with van der Waals surface area (Å²) in [7, 11) is 0. The summed E-state index contributed by atoms with van der Waals surface area (Å²) in [6.07, 6.45) is 8.38. The van der Waals surface area contributed by atoms with E-state index in [1.165, 1.54) is 44.6 Å². The Balaban J connectivity index is 1.21. The highest BCUT2D eigenvalue weighted by molar-refractivity contribution is 6.00. The Morgan fingerprint density at radius 3 is 2.26 bits per heavy atom. The lowest BCUT2D eigenvalue weighted by atomic mass is 9.87. The van der Waals surface area contributed by atoms with Gasteiger partial charge in [0.05, 0.1) is 0 Å². The van der Waals surface area contributed by atoms with Crippen LogP contribution < -0.4 is 19.5 Å². The predicted octanol–water partition coefficient (Wildman–Crippen LogP) is 6.97. The lowest BCUT2D eigenvalue weighted by Crippen LogP contribution is -2.37. The van der Waals surface area contributed by atoms with E-state index in [4.69, 9.17) is 18.9 Å². The normalized spacial score (nSPS) is 17.7. The molecule has 1 unspecified atom stereocenters. The Bertz CT molecular complexity index is 1420. The number of fused-ring (bicyclic) bond motifs is 1. The molecule has 226 valence electrons. The summed E-state index contributed by atoms with van der Waals surface area (Å²) >= 11 is 0. The zero-order valence-electron chi connectivity index (χ0n) is 24.8. The third-order valence-electron chi connectivity index (χ3n) is 8.54. The number of hydrogen-bond donors (Lipinski definition) is 2. The van der Waals surface area contributed by atoms with Gasteiger partial charge in [-0.1, -0.05) is 49.6 Å². The van der Waals surface area contributed by atoms with Gasteiger partial charge in [-0.2, -0.15) is 0 Å². The van der Waals surface area contributed by atoms with E-state index >= 15 is 0 Å². The van der Waals surface area contributed by atoms with Gasteiger partial charge in [-0.3, -0.25) is 4.79 Å². The van der Waals surface area contributed by atoms with Crippen LogP contribution in [0.25, 0.3) is 11.1 Å². The van der Waals surface area contributed by atoms with Crippen LogP contribution in [0.4, 0.5) is 0 Å². The number of benzene rings is 3. The van der Waals surface area contributed by atoms with Gasteiger partial charge in [-0.25, -0.2) is 0 Å². The van der Waals surface area contributed by atoms with Crippen LogP contribution in [0.15, 0.2) is 66.7 Å². The minimum absolute atomic E-state index is 0.235. The van der Waals surface area contributed by atoms with Crippen molar-refractivity contribution in [3.05, 3.63) is 83.4 Å². The molecule has 2 N–H and O–H groups in total. The zero-order valence-corrected chi connectivity index (χ0v) is 24.8. The summed E-state index contributed by atoms with van der Waals surface area (Å²) in [5.74, 6) is 3.32. The number of ether oxygens (including phenoxy) is 4. The lowest BCUT2D eigenvalue weighted by molar-refractivity contribution is -0.147. The van der Waals surface area contributed by atoms with Crippen LogP contribution in [0.3, 0.4) is 0 Å². The molecular weight excluding hydrogens is 542 g/mol. The molecule has 6 rings (SSSR count). The lowest BCUT2D eigenvalue weighted by Gasteiger charge is -2.24. The van der Waals surface area contributed by atoms with Crippen molar-refractivity contribution < 1.29 is 28.8 Å². The molecule has 0 spiro atoms. The minimum Gasteiger partial charge on any atom is -0.508 e. The molecule has 0 saturated heterocycles. The summed E-state index contributed by atoms with van der Waals surface area (Å²) in [5.41, 5.74) is 5.59. The number of phenols is 1. The fraction of sp³-hybridized carbons (Fsp3) is 0.417. The summed E-state index contributed by atoms with van der Waals surface area (Å²) in [6.45, 7) is 3.48. The maximum Gasteiger partial charge on any atom is 0.303 e. The van der Waals surface area contributed by atoms with Gasteiger partial charge in [0, 0.05) is 13.5 Å². The maximum atomic E-state index is 11.8. The van der Waals surface area contributed by atoms with Crippen LogP contribution in [-0.4, -0.2) is 43.7 Å². The Labute approximate surface area is 253 Å². The fourth-order valence-electron chi connectivity index (χ4n) is 6.24. The summed E-state index contributed by atoms with van der Waals surface area (Å²) < 4.78 is 23.0. The minimum atomic E-state index is -0.360. The molecule has 43 heavy (non-hydrogen) atoms. The third kappa shape index (κ3) is 7.52. The number of phenolic OH excluding ortho intramolecular Hbond substituents is 1. The molecule has 0 radical (unpaired) electrons. The molecule has 2 saturated carbocycles. The van der Waals surface area contributed by atoms with Crippen molar-refractivity contribution in [3.8, 4) is 23.0 Å². The van der Waals surface area contributed by atoms with Crippen molar-refractivity contribution in [1.29, 1.82) is 0 Å². The monoisotopic (exact) mass is 583 g/mol. The number of aromatic hydroxyl groups is 1. The second kappa shape index (κ2) is 13.6. The molecule has 1 heterocycles. The molecule has 3 aromatic carbocycles. The van der Waals surface area contributed by atoms with Gasteiger partial charge >= 0.3 is 5.97 Å². The van der Waals surface area contributed by atoms with E-state index in [9.17, 15) is 9.90 Å². The van der Waals surface area contributed by atoms with Crippen molar-refractivity contribution in [3.63, 3.8) is 0 Å². The topological polar surface area (TPSA) is 86.3 Å². The van der Waals surface area contributed by atoms with Crippen molar-refractivity contribution in [1.82, 2.24) is 5.32 Å². The number of rotatable bonds is 12. The summed E-state index contributed by atoms with van der Waals surface area (Å²) in [5, 5.41) is 13.5. The van der Waals surface area contributed by atoms with Crippen molar-refractivity contribution in [2.75, 3.05) is 26.5 Å². The second-order valence-corrected chi connectivity index (χ2v) is 11.9. The molecule has 1 atom stereocenters. The average Bonchev–Trinajstić information content (AvgIpc) is 3.75. The summed E-state index contributed by atoms with van der Waals surface area (Å²) in [6, 6.07) is 21.7. The molecule has 2 aliphatic carbocycles. The van der Waals surface area contributed by atoms with E-state index in [2.05, 4.69) is 29.6 Å². The van der Waals surface area contributed by atoms with Crippen LogP contribution in [0, 0.1) is 11.8 Å². The van der Waals surface area contributed by atoms with Crippen molar-refractivity contribution >= 4 is 17.1 Å². The van der Waals surface area contributed by atoms with E-state index in [1.807, 2.05) is 30.3 Å².